The second-order valence-electron chi connectivity index (χ2n) is 3.02. The standard InChI is InChI=1S/C10H11BrN2/c1-13(2)10-4-3-8(5-6-12)7-9(10)11/h3-4,7H,5H2,1-2H3. The van der Waals surface area contributed by atoms with Crippen LogP contribution in [0.25, 0.3) is 0 Å². The Morgan fingerprint density at radius 1 is 1.46 bits per heavy atom. The van der Waals surface area contributed by atoms with Gasteiger partial charge in [0, 0.05) is 18.6 Å². The van der Waals surface area contributed by atoms with Crippen molar-refractivity contribution in [3.05, 3.63) is 28.2 Å². The second kappa shape index (κ2) is 4.29. The van der Waals surface area contributed by atoms with E-state index in [1.165, 1.54) is 0 Å². The van der Waals surface area contributed by atoms with Gasteiger partial charge in [-0.2, -0.15) is 5.26 Å². The van der Waals surface area contributed by atoms with Crippen molar-refractivity contribution in [2.75, 3.05) is 19.0 Å². The van der Waals surface area contributed by atoms with E-state index < -0.39 is 0 Å². The minimum Gasteiger partial charge on any atom is -0.377 e. The van der Waals surface area contributed by atoms with Crippen molar-refractivity contribution in [3.63, 3.8) is 0 Å². The fraction of sp³-hybridized carbons (Fsp3) is 0.300. The van der Waals surface area contributed by atoms with E-state index in [2.05, 4.69) is 22.0 Å². The highest BCUT2D eigenvalue weighted by atomic mass is 79.9. The summed E-state index contributed by atoms with van der Waals surface area (Å²) >= 11 is 3.47. The number of rotatable bonds is 2. The molecule has 0 aliphatic rings. The lowest BCUT2D eigenvalue weighted by Gasteiger charge is -2.14. The van der Waals surface area contributed by atoms with Crippen LogP contribution in [0, 0.1) is 11.3 Å². The van der Waals surface area contributed by atoms with Gasteiger partial charge in [0.2, 0.25) is 0 Å². The summed E-state index contributed by atoms with van der Waals surface area (Å²) in [5.41, 5.74) is 2.17. The maximum absolute atomic E-state index is 8.51. The van der Waals surface area contributed by atoms with Crippen molar-refractivity contribution in [1.82, 2.24) is 0 Å². The van der Waals surface area contributed by atoms with Crippen molar-refractivity contribution < 1.29 is 0 Å². The van der Waals surface area contributed by atoms with Crippen LogP contribution in [0.3, 0.4) is 0 Å². The number of halogens is 1. The normalized spacial score (nSPS) is 9.38. The quantitative estimate of drug-likeness (QED) is 0.793. The Bertz CT molecular complexity index is 339. The van der Waals surface area contributed by atoms with E-state index in [1.54, 1.807) is 0 Å². The van der Waals surface area contributed by atoms with E-state index in [-0.39, 0.29) is 0 Å². The van der Waals surface area contributed by atoms with Gasteiger partial charge in [0.15, 0.2) is 0 Å². The van der Waals surface area contributed by atoms with Crippen molar-refractivity contribution in [2.45, 2.75) is 6.42 Å². The molecule has 3 heteroatoms. The maximum atomic E-state index is 8.51. The summed E-state index contributed by atoms with van der Waals surface area (Å²) in [7, 11) is 3.98. The molecule has 0 radical (unpaired) electrons. The molecule has 1 rings (SSSR count). The van der Waals surface area contributed by atoms with Gasteiger partial charge in [-0.1, -0.05) is 6.07 Å². The average Bonchev–Trinajstić information content (AvgIpc) is 2.04. The molecule has 0 unspecified atom stereocenters. The first kappa shape index (κ1) is 10.1. The SMILES string of the molecule is CN(C)c1ccc(CC#N)cc1Br. The molecular formula is C10H11BrN2. The lowest BCUT2D eigenvalue weighted by atomic mass is 10.1. The highest BCUT2D eigenvalue weighted by Crippen LogP contribution is 2.25. The lowest BCUT2D eigenvalue weighted by molar-refractivity contribution is 1.12. The van der Waals surface area contributed by atoms with Crippen LogP contribution in [0.5, 0.6) is 0 Å². The Kier molecular flexibility index (Phi) is 3.32. The summed E-state index contributed by atoms with van der Waals surface area (Å²) in [6.07, 6.45) is 0.465. The number of anilines is 1. The summed E-state index contributed by atoms with van der Waals surface area (Å²) in [6.45, 7) is 0. The fourth-order valence-electron chi connectivity index (χ4n) is 1.11. The summed E-state index contributed by atoms with van der Waals surface area (Å²) < 4.78 is 1.03. The van der Waals surface area contributed by atoms with Crippen molar-refractivity contribution in [3.8, 4) is 6.07 Å². The first-order chi connectivity index (χ1) is 6.15. The molecule has 0 bridgehead atoms. The topological polar surface area (TPSA) is 27.0 Å². The molecule has 0 aliphatic heterocycles. The molecule has 0 N–H and O–H groups in total. The van der Waals surface area contributed by atoms with Crippen molar-refractivity contribution in [2.24, 2.45) is 0 Å². The highest BCUT2D eigenvalue weighted by Gasteiger charge is 2.02. The lowest BCUT2D eigenvalue weighted by Crippen LogP contribution is -2.09. The molecule has 0 saturated carbocycles. The average molecular weight is 239 g/mol. The van der Waals surface area contributed by atoms with Crippen LogP contribution < -0.4 is 4.90 Å². The van der Waals surface area contributed by atoms with Crippen molar-refractivity contribution in [1.29, 1.82) is 5.26 Å². The predicted molar refractivity (Wildman–Crippen MR) is 57.8 cm³/mol. The maximum Gasteiger partial charge on any atom is 0.0669 e. The molecule has 13 heavy (non-hydrogen) atoms. The molecule has 0 fully saturated rings. The third-order valence-electron chi connectivity index (χ3n) is 1.78. The van der Waals surface area contributed by atoms with E-state index in [9.17, 15) is 0 Å². The molecule has 1 aromatic carbocycles. The zero-order valence-electron chi connectivity index (χ0n) is 7.71. The molecule has 2 nitrogen and oxygen atoms in total. The van der Waals surface area contributed by atoms with Gasteiger partial charge in [-0.3, -0.25) is 0 Å². The number of hydrogen-bond acceptors (Lipinski definition) is 2. The van der Waals surface area contributed by atoms with Gasteiger partial charge in [0.25, 0.3) is 0 Å². The Morgan fingerprint density at radius 3 is 2.62 bits per heavy atom. The minimum atomic E-state index is 0.465. The summed E-state index contributed by atoms with van der Waals surface area (Å²) in [5, 5.41) is 8.51. The molecule has 1 aromatic rings. The van der Waals surface area contributed by atoms with Gasteiger partial charge in [-0.25, -0.2) is 0 Å². The van der Waals surface area contributed by atoms with E-state index >= 15 is 0 Å². The Balaban J connectivity index is 3.00. The van der Waals surface area contributed by atoms with Gasteiger partial charge in [-0.05, 0) is 33.6 Å². The molecule has 0 saturated heterocycles. The molecule has 0 atom stereocenters. The molecule has 0 spiro atoms. The van der Waals surface area contributed by atoms with Crippen LogP contribution in [0.2, 0.25) is 0 Å². The number of benzene rings is 1. The fourth-order valence-corrected chi connectivity index (χ4v) is 1.90. The third-order valence-corrected chi connectivity index (χ3v) is 2.41. The van der Waals surface area contributed by atoms with Gasteiger partial charge in [-0.15, -0.1) is 0 Å². The van der Waals surface area contributed by atoms with Crippen LogP contribution in [0.4, 0.5) is 5.69 Å². The predicted octanol–water partition coefficient (Wildman–Crippen LogP) is 2.58. The summed E-state index contributed by atoms with van der Waals surface area (Å²) in [5.74, 6) is 0. The van der Waals surface area contributed by atoms with Crippen LogP contribution >= 0.6 is 15.9 Å². The molecule has 68 valence electrons. The highest BCUT2D eigenvalue weighted by molar-refractivity contribution is 9.10. The van der Waals surface area contributed by atoms with Gasteiger partial charge >= 0.3 is 0 Å². The second-order valence-corrected chi connectivity index (χ2v) is 3.87. The van der Waals surface area contributed by atoms with Crippen LogP contribution in [0.1, 0.15) is 5.56 Å². The van der Waals surface area contributed by atoms with Crippen LogP contribution in [0.15, 0.2) is 22.7 Å². The van der Waals surface area contributed by atoms with Crippen LogP contribution in [-0.4, -0.2) is 14.1 Å². The molecular weight excluding hydrogens is 228 g/mol. The minimum absolute atomic E-state index is 0.465. The Hall–Kier alpha value is -1.01. The Labute approximate surface area is 86.9 Å². The van der Waals surface area contributed by atoms with E-state index in [4.69, 9.17) is 5.26 Å². The van der Waals surface area contributed by atoms with Crippen LogP contribution in [-0.2, 0) is 6.42 Å². The number of hydrogen-bond donors (Lipinski definition) is 0. The first-order valence-corrected chi connectivity index (χ1v) is 4.77. The van der Waals surface area contributed by atoms with Gasteiger partial charge in [0.1, 0.15) is 0 Å². The summed E-state index contributed by atoms with van der Waals surface area (Å²) in [4.78, 5) is 2.03. The third kappa shape index (κ3) is 2.46. The number of nitriles is 1. The summed E-state index contributed by atoms with van der Waals surface area (Å²) in [6, 6.07) is 8.10. The molecule has 0 amide bonds. The van der Waals surface area contributed by atoms with E-state index in [0.29, 0.717) is 6.42 Å². The van der Waals surface area contributed by atoms with Gasteiger partial charge < -0.3 is 4.90 Å². The van der Waals surface area contributed by atoms with Crippen molar-refractivity contribution >= 4 is 21.6 Å². The molecule has 0 aromatic heterocycles. The Morgan fingerprint density at radius 2 is 2.15 bits per heavy atom. The monoisotopic (exact) mass is 238 g/mol. The smallest absolute Gasteiger partial charge is 0.0669 e. The zero-order chi connectivity index (χ0) is 9.84. The molecule has 0 aliphatic carbocycles. The van der Waals surface area contributed by atoms with E-state index in [1.807, 2.05) is 37.2 Å². The largest absolute Gasteiger partial charge is 0.377 e. The first-order valence-electron chi connectivity index (χ1n) is 3.98. The number of nitrogens with zero attached hydrogens (tertiary/aromatic N) is 2. The zero-order valence-corrected chi connectivity index (χ0v) is 9.30. The van der Waals surface area contributed by atoms with Gasteiger partial charge in [0.05, 0.1) is 18.2 Å². The van der Waals surface area contributed by atoms with E-state index in [0.717, 1.165) is 15.7 Å². The molecule has 0 heterocycles.